The van der Waals surface area contributed by atoms with E-state index in [2.05, 4.69) is 36.1 Å². The molecule has 0 fully saturated rings. The van der Waals surface area contributed by atoms with E-state index in [1.165, 1.54) is 11.4 Å². The summed E-state index contributed by atoms with van der Waals surface area (Å²) in [6.45, 7) is 8.78. The number of nitrogens with one attached hydrogen (secondary N) is 2. The quantitative estimate of drug-likeness (QED) is 0.635. The van der Waals surface area contributed by atoms with Crippen molar-refractivity contribution in [1.29, 1.82) is 0 Å². The Morgan fingerprint density at radius 3 is 2.92 bits per heavy atom. The van der Waals surface area contributed by atoms with Gasteiger partial charge in [0.15, 0.2) is 0 Å². The van der Waals surface area contributed by atoms with Crippen molar-refractivity contribution in [3.05, 3.63) is 17.7 Å². The zero-order valence-corrected chi connectivity index (χ0v) is 8.52. The van der Waals surface area contributed by atoms with E-state index in [1.54, 1.807) is 6.33 Å². The lowest BCUT2D eigenvalue weighted by atomic mass is 9.77. The molecule has 1 aliphatic rings. The summed E-state index contributed by atoms with van der Waals surface area (Å²) in [7, 11) is 0. The summed E-state index contributed by atoms with van der Waals surface area (Å²) in [6, 6.07) is 0. The lowest BCUT2D eigenvalue weighted by Gasteiger charge is -2.33. The third-order valence-corrected chi connectivity index (χ3v) is 2.78. The Morgan fingerprint density at radius 2 is 2.23 bits per heavy atom. The van der Waals surface area contributed by atoms with Gasteiger partial charge in [0.25, 0.3) is 0 Å². The number of nitrogens with zero attached hydrogens (tertiary/aromatic N) is 1. The van der Waals surface area contributed by atoms with E-state index in [-0.39, 0.29) is 5.41 Å². The number of H-pyrrole nitrogens is 1. The Morgan fingerprint density at radius 1 is 1.46 bits per heavy atom. The molecule has 2 N–H and O–H groups in total. The Kier molecular flexibility index (Phi) is 1.91. The molecule has 1 aromatic heterocycles. The molecule has 3 heteroatoms. The van der Waals surface area contributed by atoms with Gasteiger partial charge in [-0.25, -0.2) is 4.98 Å². The Labute approximate surface area is 79.0 Å². The SMILES string of the molecule is CC(C)(C)C1CNCc2[nH]cnc21. The molecule has 1 atom stereocenters. The van der Waals surface area contributed by atoms with Crippen LogP contribution >= 0.6 is 0 Å². The van der Waals surface area contributed by atoms with Crippen LogP contribution in [0.3, 0.4) is 0 Å². The van der Waals surface area contributed by atoms with E-state index >= 15 is 0 Å². The van der Waals surface area contributed by atoms with E-state index in [0.717, 1.165) is 13.1 Å². The van der Waals surface area contributed by atoms with E-state index < -0.39 is 0 Å². The maximum absolute atomic E-state index is 4.41. The molecule has 0 saturated heterocycles. The zero-order chi connectivity index (χ0) is 9.47. The van der Waals surface area contributed by atoms with Crippen molar-refractivity contribution in [2.24, 2.45) is 5.41 Å². The molecule has 2 rings (SSSR count). The molecule has 13 heavy (non-hydrogen) atoms. The molecule has 0 radical (unpaired) electrons. The van der Waals surface area contributed by atoms with Crippen molar-refractivity contribution in [1.82, 2.24) is 15.3 Å². The smallest absolute Gasteiger partial charge is 0.0925 e. The minimum atomic E-state index is 0.289. The minimum absolute atomic E-state index is 0.289. The van der Waals surface area contributed by atoms with Gasteiger partial charge in [0.2, 0.25) is 0 Å². The highest BCUT2D eigenvalue weighted by atomic mass is 15.0. The molecule has 0 spiro atoms. The van der Waals surface area contributed by atoms with Gasteiger partial charge in [-0.2, -0.15) is 0 Å². The van der Waals surface area contributed by atoms with Crippen molar-refractivity contribution in [3.63, 3.8) is 0 Å². The number of imidazole rings is 1. The fourth-order valence-corrected chi connectivity index (χ4v) is 1.93. The van der Waals surface area contributed by atoms with Gasteiger partial charge >= 0.3 is 0 Å². The fraction of sp³-hybridized carbons (Fsp3) is 0.700. The van der Waals surface area contributed by atoms with Gasteiger partial charge in [0, 0.05) is 19.0 Å². The topological polar surface area (TPSA) is 40.7 Å². The third-order valence-electron chi connectivity index (χ3n) is 2.78. The molecular formula is C10H17N3. The normalized spacial score (nSPS) is 22.8. The summed E-state index contributed by atoms with van der Waals surface area (Å²) in [5.41, 5.74) is 2.80. The van der Waals surface area contributed by atoms with Gasteiger partial charge in [-0.05, 0) is 5.41 Å². The first kappa shape index (κ1) is 8.75. The van der Waals surface area contributed by atoms with Gasteiger partial charge in [-0.1, -0.05) is 20.8 Å². The van der Waals surface area contributed by atoms with Crippen LogP contribution in [-0.4, -0.2) is 16.5 Å². The van der Waals surface area contributed by atoms with Gasteiger partial charge in [-0.3, -0.25) is 0 Å². The first-order valence-corrected chi connectivity index (χ1v) is 4.82. The predicted octanol–water partition coefficient (Wildman–Crippen LogP) is 1.64. The highest BCUT2D eigenvalue weighted by molar-refractivity contribution is 5.21. The summed E-state index contributed by atoms with van der Waals surface area (Å²) >= 11 is 0. The van der Waals surface area contributed by atoms with Crippen LogP contribution in [0.2, 0.25) is 0 Å². The largest absolute Gasteiger partial charge is 0.347 e. The van der Waals surface area contributed by atoms with E-state index in [1.807, 2.05) is 0 Å². The van der Waals surface area contributed by atoms with Crippen molar-refractivity contribution in [2.75, 3.05) is 6.54 Å². The van der Waals surface area contributed by atoms with Crippen molar-refractivity contribution >= 4 is 0 Å². The fourth-order valence-electron chi connectivity index (χ4n) is 1.93. The minimum Gasteiger partial charge on any atom is -0.347 e. The predicted molar refractivity (Wildman–Crippen MR) is 52.5 cm³/mol. The Hall–Kier alpha value is -0.830. The highest BCUT2D eigenvalue weighted by Gasteiger charge is 2.31. The summed E-state index contributed by atoms with van der Waals surface area (Å²) in [6.07, 6.45) is 1.80. The number of aromatic nitrogens is 2. The molecule has 1 unspecified atom stereocenters. The second-order valence-electron chi connectivity index (χ2n) is 4.82. The van der Waals surface area contributed by atoms with Crippen molar-refractivity contribution in [3.8, 4) is 0 Å². The van der Waals surface area contributed by atoms with Gasteiger partial charge < -0.3 is 10.3 Å². The van der Waals surface area contributed by atoms with Crippen LogP contribution in [0, 0.1) is 5.41 Å². The number of fused-ring (bicyclic) bond motifs is 1. The zero-order valence-electron chi connectivity index (χ0n) is 8.52. The summed E-state index contributed by atoms with van der Waals surface area (Å²) < 4.78 is 0. The van der Waals surface area contributed by atoms with E-state index in [9.17, 15) is 0 Å². The molecule has 1 aromatic rings. The number of hydrogen-bond acceptors (Lipinski definition) is 2. The van der Waals surface area contributed by atoms with E-state index in [4.69, 9.17) is 0 Å². The Balaban J connectivity index is 2.35. The number of aromatic amines is 1. The molecule has 0 aromatic carbocycles. The average molecular weight is 179 g/mol. The van der Waals surface area contributed by atoms with Crippen LogP contribution < -0.4 is 5.32 Å². The third kappa shape index (κ3) is 1.48. The van der Waals surface area contributed by atoms with Crippen LogP contribution in [0.15, 0.2) is 6.33 Å². The van der Waals surface area contributed by atoms with Gasteiger partial charge in [0.05, 0.1) is 17.7 Å². The van der Waals surface area contributed by atoms with Gasteiger partial charge in [-0.15, -0.1) is 0 Å². The molecule has 3 nitrogen and oxygen atoms in total. The molecular weight excluding hydrogens is 162 g/mol. The summed E-state index contributed by atoms with van der Waals surface area (Å²) in [5.74, 6) is 0.530. The average Bonchev–Trinajstić information content (AvgIpc) is 2.48. The maximum Gasteiger partial charge on any atom is 0.0925 e. The first-order valence-electron chi connectivity index (χ1n) is 4.82. The molecule has 72 valence electrons. The van der Waals surface area contributed by atoms with Crippen LogP contribution in [0.4, 0.5) is 0 Å². The molecule has 2 heterocycles. The molecule has 0 amide bonds. The summed E-state index contributed by atoms with van der Waals surface area (Å²) in [4.78, 5) is 7.60. The lowest BCUT2D eigenvalue weighted by Crippen LogP contribution is -2.35. The lowest BCUT2D eigenvalue weighted by molar-refractivity contribution is 0.290. The Bertz CT molecular complexity index is 295. The maximum atomic E-state index is 4.41. The number of hydrogen-bond donors (Lipinski definition) is 2. The van der Waals surface area contributed by atoms with Crippen molar-refractivity contribution in [2.45, 2.75) is 33.2 Å². The summed E-state index contributed by atoms with van der Waals surface area (Å²) in [5, 5.41) is 3.41. The second kappa shape index (κ2) is 2.84. The molecule has 0 aliphatic carbocycles. The number of rotatable bonds is 0. The van der Waals surface area contributed by atoms with Crippen molar-refractivity contribution < 1.29 is 0 Å². The first-order chi connectivity index (χ1) is 6.09. The standard InChI is InChI=1S/C10H17N3/c1-10(2,3)7-4-11-5-8-9(7)13-6-12-8/h6-7,11H,4-5H2,1-3H3,(H,12,13). The van der Waals surface area contributed by atoms with Gasteiger partial charge in [0.1, 0.15) is 0 Å². The van der Waals surface area contributed by atoms with Crippen LogP contribution in [-0.2, 0) is 6.54 Å². The van der Waals surface area contributed by atoms with Crippen LogP contribution in [0.1, 0.15) is 38.1 Å². The molecule has 0 bridgehead atoms. The molecule has 0 saturated carbocycles. The van der Waals surface area contributed by atoms with Crippen LogP contribution in [0.5, 0.6) is 0 Å². The second-order valence-corrected chi connectivity index (χ2v) is 4.82. The monoisotopic (exact) mass is 179 g/mol. The highest BCUT2D eigenvalue weighted by Crippen LogP contribution is 2.36. The van der Waals surface area contributed by atoms with Crippen LogP contribution in [0.25, 0.3) is 0 Å². The molecule has 1 aliphatic heterocycles. The van der Waals surface area contributed by atoms with E-state index in [0.29, 0.717) is 5.92 Å².